The molecule has 1 N–H and O–H groups in total. The Labute approximate surface area is 152 Å². The molecule has 26 heavy (non-hydrogen) atoms. The van der Waals surface area contributed by atoms with Crippen molar-refractivity contribution in [1.29, 1.82) is 0 Å². The van der Waals surface area contributed by atoms with E-state index in [1.807, 2.05) is 0 Å². The second-order valence-electron chi connectivity index (χ2n) is 6.79. The molecule has 0 unspecified atom stereocenters. The highest BCUT2D eigenvalue weighted by atomic mass is 16.5. The predicted octanol–water partition coefficient (Wildman–Crippen LogP) is 1.55. The highest BCUT2D eigenvalue weighted by Crippen LogP contribution is 2.36. The summed E-state index contributed by atoms with van der Waals surface area (Å²) in [5.41, 5.74) is 1.51. The van der Waals surface area contributed by atoms with Crippen molar-refractivity contribution in [2.75, 3.05) is 25.1 Å². The fourth-order valence-electron chi connectivity index (χ4n) is 3.49. The van der Waals surface area contributed by atoms with E-state index in [0.717, 1.165) is 37.4 Å². The second-order valence-corrected chi connectivity index (χ2v) is 6.79. The molecule has 1 amide bonds. The molecule has 2 fully saturated rings. The summed E-state index contributed by atoms with van der Waals surface area (Å²) in [6.07, 6.45) is 8.84. The minimum atomic E-state index is -0.156. The summed E-state index contributed by atoms with van der Waals surface area (Å²) in [7, 11) is 1.49. The van der Waals surface area contributed by atoms with Crippen LogP contribution >= 0.6 is 0 Å². The summed E-state index contributed by atoms with van der Waals surface area (Å²) in [4.78, 5) is 31.3. The Kier molecular flexibility index (Phi) is 4.64. The van der Waals surface area contributed by atoms with E-state index in [9.17, 15) is 4.79 Å². The SMILES string of the molecule is COc1ncc(C(=O)NC2CC(c3cc(N4CCCC4)ncn3)C2)cn1. The van der Waals surface area contributed by atoms with Gasteiger partial charge >= 0.3 is 6.01 Å². The monoisotopic (exact) mass is 354 g/mol. The molecule has 2 aromatic rings. The maximum atomic E-state index is 12.3. The molecular weight excluding hydrogens is 332 g/mol. The van der Waals surface area contributed by atoms with Crippen LogP contribution in [0.1, 0.15) is 47.7 Å². The lowest BCUT2D eigenvalue weighted by Gasteiger charge is -2.35. The zero-order chi connectivity index (χ0) is 17.9. The van der Waals surface area contributed by atoms with Gasteiger partial charge in [0.1, 0.15) is 12.1 Å². The average Bonchev–Trinajstić information content (AvgIpc) is 3.19. The summed E-state index contributed by atoms with van der Waals surface area (Å²) >= 11 is 0. The minimum absolute atomic E-state index is 0.153. The fourth-order valence-corrected chi connectivity index (χ4v) is 3.49. The number of carbonyl (C=O) groups excluding carboxylic acids is 1. The molecule has 3 heterocycles. The molecule has 1 saturated heterocycles. The van der Waals surface area contributed by atoms with Gasteiger partial charge in [0.05, 0.1) is 12.7 Å². The molecule has 1 aliphatic heterocycles. The Morgan fingerprint density at radius 1 is 1.15 bits per heavy atom. The highest BCUT2D eigenvalue weighted by Gasteiger charge is 2.33. The second kappa shape index (κ2) is 7.23. The normalized spacial score (nSPS) is 22.0. The molecule has 8 heteroatoms. The van der Waals surface area contributed by atoms with Crippen LogP contribution in [0, 0.1) is 0 Å². The van der Waals surface area contributed by atoms with Gasteiger partial charge in [0.15, 0.2) is 0 Å². The largest absolute Gasteiger partial charge is 0.467 e. The zero-order valence-corrected chi connectivity index (χ0v) is 14.8. The van der Waals surface area contributed by atoms with Gasteiger partial charge in [-0.1, -0.05) is 0 Å². The van der Waals surface area contributed by atoms with E-state index in [2.05, 4.69) is 36.2 Å². The van der Waals surface area contributed by atoms with Crippen molar-refractivity contribution in [3.63, 3.8) is 0 Å². The molecule has 8 nitrogen and oxygen atoms in total. The number of carbonyl (C=O) groups is 1. The van der Waals surface area contributed by atoms with Crippen LogP contribution in [0.2, 0.25) is 0 Å². The summed E-state index contributed by atoms with van der Waals surface area (Å²) in [6, 6.07) is 2.51. The van der Waals surface area contributed by atoms with Crippen LogP contribution in [-0.4, -0.2) is 52.1 Å². The summed E-state index contributed by atoms with van der Waals surface area (Å²) in [5.74, 6) is 1.24. The average molecular weight is 354 g/mol. The molecule has 0 spiro atoms. The zero-order valence-electron chi connectivity index (χ0n) is 14.8. The van der Waals surface area contributed by atoms with E-state index < -0.39 is 0 Å². The van der Waals surface area contributed by atoms with Gasteiger partial charge in [0.2, 0.25) is 0 Å². The molecule has 1 saturated carbocycles. The predicted molar refractivity (Wildman–Crippen MR) is 95.3 cm³/mol. The first kappa shape index (κ1) is 16.7. The van der Waals surface area contributed by atoms with Gasteiger partial charge in [-0.05, 0) is 25.7 Å². The topological polar surface area (TPSA) is 93.1 Å². The molecule has 136 valence electrons. The first-order chi connectivity index (χ1) is 12.7. The molecule has 0 atom stereocenters. The molecule has 2 aromatic heterocycles. The maximum absolute atomic E-state index is 12.3. The number of nitrogens with zero attached hydrogens (tertiary/aromatic N) is 5. The van der Waals surface area contributed by atoms with Crippen LogP contribution in [0.25, 0.3) is 0 Å². The Morgan fingerprint density at radius 2 is 1.88 bits per heavy atom. The molecule has 0 aromatic carbocycles. The molecule has 1 aliphatic carbocycles. The van der Waals surface area contributed by atoms with E-state index in [-0.39, 0.29) is 18.0 Å². The van der Waals surface area contributed by atoms with Gasteiger partial charge in [-0.25, -0.2) is 19.9 Å². The quantitative estimate of drug-likeness (QED) is 0.871. The number of hydrogen-bond donors (Lipinski definition) is 1. The fraction of sp³-hybridized carbons (Fsp3) is 0.500. The Balaban J connectivity index is 1.32. The molecule has 2 aliphatic rings. The first-order valence-corrected chi connectivity index (χ1v) is 8.96. The van der Waals surface area contributed by atoms with Crippen molar-refractivity contribution >= 4 is 11.7 Å². The number of rotatable bonds is 5. The van der Waals surface area contributed by atoms with E-state index >= 15 is 0 Å². The number of amides is 1. The van der Waals surface area contributed by atoms with Crippen LogP contribution in [0.4, 0.5) is 5.82 Å². The Hall–Kier alpha value is -2.77. The standard InChI is InChI=1S/C18H22N6O2/c1-26-18-19-9-13(10-20-18)17(25)23-14-6-12(7-14)15-8-16(22-11-21-15)24-4-2-3-5-24/h8-12,14H,2-7H2,1H3,(H,23,25). The third kappa shape index (κ3) is 3.44. The minimum Gasteiger partial charge on any atom is -0.467 e. The molecule has 0 radical (unpaired) electrons. The summed E-state index contributed by atoms with van der Waals surface area (Å²) in [5, 5.41) is 3.03. The van der Waals surface area contributed by atoms with Crippen molar-refractivity contribution in [3.8, 4) is 6.01 Å². The van der Waals surface area contributed by atoms with Crippen LogP contribution in [0.5, 0.6) is 6.01 Å². The number of nitrogens with one attached hydrogen (secondary N) is 1. The van der Waals surface area contributed by atoms with Gasteiger partial charge in [-0.15, -0.1) is 0 Å². The highest BCUT2D eigenvalue weighted by molar-refractivity contribution is 5.93. The van der Waals surface area contributed by atoms with Crippen molar-refractivity contribution in [2.24, 2.45) is 0 Å². The number of aromatic nitrogens is 4. The van der Waals surface area contributed by atoms with Crippen LogP contribution < -0.4 is 15.0 Å². The van der Waals surface area contributed by atoms with E-state index in [4.69, 9.17) is 4.74 Å². The smallest absolute Gasteiger partial charge is 0.316 e. The molecule has 0 bridgehead atoms. The third-order valence-corrected chi connectivity index (χ3v) is 5.07. The van der Waals surface area contributed by atoms with E-state index in [1.165, 1.54) is 32.3 Å². The lowest BCUT2D eigenvalue weighted by atomic mass is 9.78. The van der Waals surface area contributed by atoms with Crippen LogP contribution in [-0.2, 0) is 0 Å². The first-order valence-electron chi connectivity index (χ1n) is 8.96. The number of anilines is 1. The van der Waals surface area contributed by atoms with Crippen molar-refractivity contribution in [2.45, 2.75) is 37.6 Å². The molecule has 4 rings (SSSR count). The van der Waals surface area contributed by atoms with E-state index in [1.54, 1.807) is 6.33 Å². The van der Waals surface area contributed by atoms with Crippen molar-refractivity contribution in [1.82, 2.24) is 25.3 Å². The summed E-state index contributed by atoms with van der Waals surface area (Å²) in [6.45, 7) is 2.15. The molecular formula is C18H22N6O2. The lowest BCUT2D eigenvalue weighted by molar-refractivity contribution is 0.0907. The van der Waals surface area contributed by atoms with E-state index in [0.29, 0.717) is 11.5 Å². The Bertz CT molecular complexity index is 770. The van der Waals surface area contributed by atoms with Gasteiger partial charge < -0.3 is 15.0 Å². The van der Waals surface area contributed by atoms with Crippen LogP contribution in [0.3, 0.4) is 0 Å². The maximum Gasteiger partial charge on any atom is 0.316 e. The number of hydrogen-bond acceptors (Lipinski definition) is 7. The van der Waals surface area contributed by atoms with Crippen molar-refractivity contribution in [3.05, 3.63) is 36.0 Å². The third-order valence-electron chi connectivity index (χ3n) is 5.07. The van der Waals surface area contributed by atoms with Gasteiger partial charge in [-0.3, -0.25) is 4.79 Å². The lowest BCUT2D eigenvalue weighted by Crippen LogP contribution is -2.43. The summed E-state index contributed by atoms with van der Waals surface area (Å²) < 4.78 is 4.90. The van der Waals surface area contributed by atoms with Gasteiger partial charge in [0.25, 0.3) is 5.91 Å². The van der Waals surface area contributed by atoms with Crippen molar-refractivity contribution < 1.29 is 9.53 Å². The van der Waals surface area contributed by atoms with Gasteiger partial charge in [0, 0.05) is 49.2 Å². The van der Waals surface area contributed by atoms with Crippen LogP contribution in [0.15, 0.2) is 24.8 Å². The Morgan fingerprint density at radius 3 is 2.58 bits per heavy atom. The van der Waals surface area contributed by atoms with Gasteiger partial charge in [-0.2, -0.15) is 0 Å². The number of methoxy groups -OCH3 is 1. The number of ether oxygens (including phenoxy) is 1.